The third kappa shape index (κ3) is 3.30. The van der Waals surface area contributed by atoms with Gasteiger partial charge in [-0.2, -0.15) is 21.6 Å². The maximum Gasteiger partial charge on any atom is 0.523 e. The van der Waals surface area contributed by atoms with Crippen LogP contribution >= 0.6 is 12.6 Å². The van der Waals surface area contributed by atoms with Crippen molar-refractivity contribution < 1.29 is 25.8 Å². The minimum atomic E-state index is -5.47. The fraction of sp³-hybridized carbons (Fsp3) is 1.00. The van der Waals surface area contributed by atoms with Crippen LogP contribution in [-0.4, -0.2) is 19.4 Å². The summed E-state index contributed by atoms with van der Waals surface area (Å²) in [7, 11) is -5.47. The first-order valence-corrected chi connectivity index (χ1v) is 4.27. The standard InChI is InChI=1S/C3H5F3O3S2/c1-2(10)9-11(7,8)3(4,5)6/h2,10H,1H3/t2-/m1/s1. The Balaban J connectivity index is 4.51. The topological polar surface area (TPSA) is 43.4 Å². The van der Waals surface area contributed by atoms with Crippen LogP contribution in [0.25, 0.3) is 0 Å². The summed E-state index contributed by atoms with van der Waals surface area (Å²) >= 11 is 3.32. The summed E-state index contributed by atoms with van der Waals surface area (Å²) in [6.07, 6.45) is 0. The predicted molar refractivity (Wildman–Crippen MR) is 34.5 cm³/mol. The van der Waals surface area contributed by atoms with Crippen LogP contribution in [0.5, 0.6) is 0 Å². The Morgan fingerprint density at radius 2 is 1.82 bits per heavy atom. The number of thiol groups is 1. The lowest BCUT2D eigenvalue weighted by Gasteiger charge is -2.09. The second kappa shape index (κ2) is 3.20. The van der Waals surface area contributed by atoms with Crippen LogP contribution in [0.2, 0.25) is 0 Å². The van der Waals surface area contributed by atoms with E-state index in [0.717, 1.165) is 6.92 Å². The third-order valence-corrected chi connectivity index (χ3v) is 1.91. The van der Waals surface area contributed by atoms with Gasteiger partial charge in [0.15, 0.2) is 0 Å². The SMILES string of the molecule is C[C@@H](S)OS(=O)(=O)C(F)(F)F. The zero-order valence-corrected chi connectivity index (χ0v) is 7.00. The monoisotopic (exact) mass is 210 g/mol. The van der Waals surface area contributed by atoms with Gasteiger partial charge in [-0.1, -0.05) is 0 Å². The number of rotatable bonds is 2. The van der Waals surface area contributed by atoms with E-state index in [-0.39, 0.29) is 0 Å². The molecule has 0 aromatic carbocycles. The van der Waals surface area contributed by atoms with Gasteiger partial charge in [-0.3, -0.25) is 0 Å². The van der Waals surface area contributed by atoms with Gasteiger partial charge in [0.1, 0.15) is 5.44 Å². The maximum absolute atomic E-state index is 11.4. The van der Waals surface area contributed by atoms with Crippen LogP contribution in [0.4, 0.5) is 13.2 Å². The van der Waals surface area contributed by atoms with Crippen LogP contribution in [-0.2, 0) is 14.3 Å². The van der Waals surface area contributed by atoms with E-state index in [2.05, 4.69) is 16.8 Å². The van der Waals surface area contributed by atoms with Crippen LogP contribution in [0.15, 0.2) is 0 Å². The van der Waals surface area contributed by atoms with Gasteiger partial charge in [-0.05, 0) is 6.92 Å². The molecule has 0 aliphatic heterocycles. The van der Waals surface area contributed by atoms with E-state index in [1.54, 1.807) is 0 Å². The molecule has 0 saturated heterocycles. The largest absolute Gasteiger partial charge is 0.523 e. The highest BCUT2D eigenvalue weighted by molar-refractivity contribution is 7.88. The molecule has 0 saturated carbocycles. The zero-order chi connectivity index (χ0) is 9.28. The molecule has 8 heteroatoms. The number of hydrogen-bond acceptors (Lipinski definition) is 4. The summed E-state index contributed by atoms with van der Waals surface area (Å²) in [4.78, 5) is 0. The van der Waals surface area contributed by atoms with Crippen molar-refractivity contribution in [1.82, 2.24) is 0 Å². The van der Waals surface area contributed by atoms with Crippen LogP contribution in [0.1, 0.15) is 6.92 Å². The first kappa shape index (κ1) is 11.1. The summed E-state index contributed by atoms with van der Waals surface area (Å²) in [5.74, 6) is 0. The average molecular weight is 210 g/mol. The molecule has 0 rings (SSSR count). The van der Waals surface area contributed by atoms with Crippen molar-refractivity contribution >= 4 is 22.7 Å². The van der Waals surface area contributed by atoms with Crippen molar-refractivity contribution in [3.63, 3.8) is 0 Å². The van der Waals surface area contributed by atoms with Crippen molar-refractivity contribution in [3.05, 3.63) is 0 Å². The molecule has 0 spiro atoms. The minimum Gasteiger partial charge on any atom is -0.249 e. The van der Waals surface area contributed by atoms with Gasteiger partial charge in [0.05, 0.1) is 0 Å². The fourth-order valence-electron chi connectivity index (χ4n) is 0.238. The van der Waals surface area contributed by atoms with Gasteiger partial charge in [0, 0.05) is 0 Å². The average Bonchev–Trinajstić information content (AvgIpc) is 1.56. The zero-order valence-electron chi connectivity index (χ0n) is 5.29. The normalized spacial score (nSPS) is 16.5. The number of alkyl halides is 3. The Labute approximate surface area is 67.1 Å². The smallest absolute Gasteiger partial charge is 0.249 e. The molecule has 1 atom stereocenters. The Morgan fingerprint density at radius 3 is 1.91 bits per heavy atom. The van der Waals surface area contributed by atoms with E-state index in [0.29, 0.717) is 0 Å². The summed E-state index contributed by atoms with van der Waals surface area (Å²) < 4.78 is 58.0. The second-order valence-electron chi connectivity index (χ2n) is 1.60. The number of hydrogen-bond donors (Lipinski definition) is 1. The summed E-state index contributed by atoms with van der Waals surface area (Å²) in [5.41, 5.74) is -6.68. The maximum atomic E-state index is 11.4. The molecule has 3 nitrogen and oxygen atoms in total. The third-order valence-electron chi connectivity index (χ3n) is 0.549. The molecule has 0 bridgehead atoms. The molecule has 0 fully saturated rings. The van der Waals surface area contributed by atoms with Gasteiger partial charge < -0.3 is 0 Å². The number of halogens is 3. The Hall–Kier alpha value is 0.0500. The molecule has 0 N–H and O–H groups in total. The van der Waals surface area contributed by atoms with E-state index in [9.17, 15) is 21.6 Å². The quantitative estimate of drug-likeness (QED) is 0.321. The van der Waals surface area contributed by atoms with E-state index in [4.69, 9.17) is 0 Å². The van der Waals surface area contributed by atoms with E-state index in [1.807, 2.05) is 0 Å². The van der Waals surface area contributed by atoms with Crippen molar-refractivity contribution in [2.45, 2.75) is 17.9 Å². The molecule has 68 valence electrons. The van der Waals surface area contributed by atoms with Crippen molar-refractivity contribution in [2.75, 3.05) is 0 Å². The summed E-state index contributed by atoms with van der Waals surface area (Å²) in [6, 6.07) is 0. The Morgan fingerprint density at radius 1 is 1.45 bits per heavy atom. The lowest BCUT2D eigenvalue weighted by molar-refractivity contribution is -0.0546. The van der Waals surface area contributed by atoms with Crippen molar-refractivity contribution in [3.8, 4) is 0 Å². The van der Waals surface area contributed by atoms with Gasteiger partial charge >= 0.3 is 15.6 Å². The van der Waals surface area contributed by atoms with Gasteiger partial charge in [-0.15, -0.1) is 12.6 Å². The summed E-state index contributed by atoms with van der Waals surface area (Å²) in [6.45, 7) is 1.06. The van der Waals surface area contributed by atoms with Gasteiger partial charge in [0.2, 0.25) is 0 Å². The highest BCUT2D eigenvalue weighted by atomic mass is 32.2. The predicted octanol–water partition coefficient (Wildman–Crippen LogP) is 1.13. The van der Waals surface area contributed by atoms with E-state index < -0.39 is 21.1 Å². The first-order valence-electron chi connectivity index (χ1n) is 2.34. The molecule has 0 aliphatic rings. The Kier molecular flexibility index (Phi) is 3.21. The molecular formula is C3H5F3O3S2. The first-order chi connectivity index (χ1) is 4.67. The molecule has 11 heavy (non-hydrogen) atoms. The van der Waals surface area contributed by atoms with E-state index >= 15 is 0 Å². The molecule has 0 heterocycles. The summed E-state index contributed by atoms with van der Waals surface area (Å²) in [5, 5.41) is 0. The molecule has 0 radical (unpaired) electrons. The molecule has 0 amide bonds. The van der Waals surface area contributed by atoms with E-state index in [1.165, 1.54) is 0 Å². The lowest BCUT2D eigenvalue weighted by atomic mass is 10.9. The molecule has 0 aromatic heterocycles. The highest BCUT2D eigenvalue weighted by Crippen LogP contribution is 2.25. The van der Waals surface area contributed by atoms with Crippen LogP contribution < -0.4 is 0 Å². The van der Waals surface area contributed by atoms with Gasteiger partial charge in [0.25, 0.3) is 0 Å². The Bertz CT molecular complexity index is 216. The molecule has 0 aromatic rings. The second-order valence-corrected chi connectivity index (χ2v) is 3.89. The van der Waals surface area contributed by atoms with Crippen LogP contribution in [0.3, 0.4) is 0 Å². The minimum absolute atomic E-state index is 1.06. The lowest BCUT2D eigenvalue weighted by Crippen LogP contribution is -2.27. The van der Waals surface area contributed by atoms with Gasteiger partial charge in [-0.25, -0.2) is 4.18 Å². The van der Waals surface area contributed by atoms with Crippen molar-refractivity contribution in [2.24, 2.45) is 0 Å². The van der Waals surface area contributed by atoms with Crippen molar-refractivity contribution in [1.29, 1.82) is 0 Å². The molecule has 0 aliphatic carbocycles. The fourth-order valence-corrected chi connectivity index (χ4v) is 1.05. The molecule has 0 unspecified atom stereocenters. The molecular weight excluding hydrogens is 205 g/mol. The van der Waals surface area contributed by atoms with Crippen LogP contribution in [0, 0.1) is 0 Å². The highest BCUT2D eigenvalue weighted by Gasteiger charge is 2.47.